The molecule has 20 heavy (non-hydrogen) atoms. The van der Waals surface area contributed by atoms with Gasteiger partial charge in [-0.2, -0.15) is 0 Å². The van der Waals surface area contributed by atoms with Crippen molar-refractivity contribution >= 4 is 27.9 Å². The summed E-state index contributed by atoms with van der Waals surface area (Å²) in [6.45, 7) is 7.54. The second-order valence-electron chi connectivity index (χ2n) is 4.96. The van der Waals surface area contributed by atoms with E-state index in [0.29, 0.717) is 16.3 Å². The number of nitrogens with two attached hydrogens (primary N) is 1. The number of thiophene rings is 1. The lowest BCUT2D eigenvalue weighted by molar-refractivity contribution is 0.0967. The number of amides is 1. The van der Waals surface area contributed by atoms with Gasteiger partial charge < -0.3 is 26.0 Å². The number of hydrogen-bond donors (Lipinski definition) is 3. The Kier molecular flexibility index (Phi) is 4.72. The van der Waals surface area contributed by atoms with Gasteiger partial charge >= 0.3 is 0 Å². The first-order chi connectivity index (χ1) is 9.54. The van der Waals surface area contributed by atoms with Crippen LogP contribution in [0.4, 0.5) is 10.7 Å². The maximum atomic E-state index is 11.9. The molecule has 1 aliphatic rings. The van der Waals surface area contributed by atoms with Crippen molar-refractivity contribution in [2.75, 3.05) is 43.9 Å². The van der Waals surface area contributed by atoms with Crippen molar-refractivity contribution in [3.05, 3.63) is 4.88 Å². The van der Waals surface area contributed by atoms with Gasteiger partial charge in [0, 0.05) is 33.2 Å². The minimum Gasteiger partial charge on any atom is -0.486 e. The molecule has 2 rings (SSSR count). The predicted octanol–water partition coefficient (Wildman–Crippen LogP) is 0.887. The third-order valence-electron chi connectivity index (χ3n) is 3.07. The first-order valence-electron chi connectivity index (χ1n) is 6.81. The van der Waals surface area contributed by atoms with Crippen molar-refractivity contribution in [1.29, 1.82) is 0 Å². The summed E-state index contributed by atoms with van der Waals surface area (Å²) < 4.78 is 5.85. The number of rotatable bonds is 4. The van der Waals surface area contributed by atoms with E-state index in [0.717, 1.165) is 31.2 Å². The second kappa shape index (κ2) is 6.32. The Morgan fingerprint density at radius 2 is 2.10 bits per heavy atom. The zero-order valence-electron chi connectivity index (χ0n) is 12.2. The summed E-state index contributed by atoms with van der Waals surface area (Å²) in [5.74, 6) is 0.480. The van der Waals surface area contributed by atoms with Crippen molar-refractivity contribution in [1.82, 2.24) is 10.6 Å². The lowest BCUT2D eigenvalue weighted by Gasteiger charge is -2.29. The van der Waals surface area contributed by atoms with Crippen LogP contribution in [0.5, 0.6) is 5.75 Å². The van der Waals surface area contributed by atoms with Crippen LogP contribution in [0.3, 0.4) is 0 Å². The Balaban J connectivity index is 2.39. The van der Waals surface area contributed by atoms with E-state index in [2.05, 4.69) is 15.5 Å². The molecular formula is C13H22N4O2S. The molecule has 1 aliphatic heterocycles. The summed E-state index contributed by atoms with van der Waals surface area (Å²) in [7, 11) is 1.61. The summed E-state index contributed by atoms with van der Waals surface area (Å²) in [5.41, 5.74) is 6.56. The number of nitrogens with one attached hydrogen (secondary N) is 2. The molecule has 0 unspecified atom stereocenters. The smallest absolute Gasteiger partial charge is 0.263 e. The van der Waals surface area contributed by atoms with Crippen LogP contribution in [0.25, 0.3) is 0 Å². The average Bonchev–Trinajstić information content (AvgIpc) is 2.76. The topological polar surface area (TPSA) is 79.6 Å². The third kappa shape index (κ3) is 2.99. The molecule has 6 nitrogen and oxygen atoms in total. The van der Waals surface area contributed by atoms with Gasteiger partial charge in [-0.3, -0.25) is 4.79 Å². The number of nitrogens with zero attached hydrogens (tertiary/aromatic N) is 1. The zero-order chi connectivity index (χ0) is 14.7. The Bertz CT molecular complexity index is 481. The molecule has 0 radical (unpaired) electrons. The highest BCUT2D eigenvalue weighted by molar-refractivity contribution is 7.19. The fraction of sp³-hybridized carbons (Fsp3) is 0.615. The molecule has 4 N–H and O–H groups in total. The van der Waals surface area contributed by atoms with Gasteiger partial charge in [-0.05, 0) is 13.8 Å². The molecule has 0 aliphatic carbocycles. The van der Waals surface area contributed by atoms with Gasteiger partial charge in [-0.25, -0.2) is 0 Å². The summed E-state index contributed by atoms with van der Waals surface area (Å²) in [4.78, 5) is 14.6. The molecule has 7 heteroatoms. The predicted molar refractivity (Wildman–Crippen MR) is 83.0 cm³/mol. The lowest BCUT2D eigenvalue weighted by atomic mass is 10.3. The monoisotopic (exact) mass is 298 g/mol. The van der Waals surface area contributed by atoms with Gasteiger partial charge in [-0.15, -0.1) is 11.3 Å². The fourth-order valence-electron chi connectivity index (χ4n) is 2.12. The molecule has 0 saturated carbocycles. The molecule has 1 fully saturated rings. The van der Waals surface area contributed by atoms with Gasteiger partial charge in [0.2, 0.25) is 0 Å². The summed E-state index contributed by atoms with van der Waals surface area (Å²) >= 11 is 1.40. The molecule has 1 aromatic rings. The standard InChI is InChI=1S/C13H22N4O2S/c1-8(2)19-10-9(14)11(12(18)15-3)20-13(10)17-6-4-16-5-7-17/h8,16H,4-7,14H2,1-3H3,(H,15,18). The van der Waals surface area contributed by atoms with E-state index in [-0.39, 0.29) is 12.0 Å². The lowest BCUT2D eigenvalue weighted by Crippen LogP contribution is -2.43. The number of hydrogen-bond acceptors (Lipinski definition) is 6. The minimum atomic E-state index is -0.164. The molecule has 1 saturated heterocycles. The summed E-state index contributed by atoms with van der Waals surface area (Å²) in [5, 5.41) is 6.89. The molecule has 112 valence electrons. The summed E-state index contributed by atoms with van der Waals surface area (Å²) in [6, 6.07) is 0. The highest BCUT2D eigenvalue weighted by Gasteiger charge is 2.26. The van der Waals surface area contributed by atoms with Gasteiger partial charge in [0.15, 0.2) is 5.75 Å². The molecule has 0 bridgehead atoms. The zero-order valence-corrected chi connectivity index (χ0v) is 13.0. The molecule has 2 heterocycles. The van der Waals surface area contributed by atoms with Gasteiger partial charge in [-0.1, -0.05) is 0 Å². The Labute approximate surface area is 123 Å². The molecule has 0 spiro atoms. The number of carbonyl (C=O) groups excluding carboxylic acids is 1. The molecule has 0 aromatic carbocycles. The van der Waals surface area contributed by atoms with E-state index in [1.807, 2.05) is 13.8 Å². The highest BCUT2D eigenvalue weighted by atomic mass is 32.1. The number of ether oxygens (including phenoxy) is 1. The Morgan fingerprint density at radius 3 is 2.65 bits per heavy atom. The number of anilines is 2. The molecule has 1 amide bonds. The molecule has 1 aromatic heterocycles. The van der Waals surface area contributed by atoms with E-state index in [4.69, 9.17) is 10.5 Å². The maximum Gasteiger partial charge on any atom is 0.263 e. The van der Waals surface area contributed by atoms with Crippen molar-refractivity contribution in [3.8, 4) is 5.75 Å². The Morgan fingerprint density at radius 1 is 1.45 bits per heavy atom. The SMILES string of the molecule is CNC(=O)c1sc(N2CCNCC2)c(OC(C)C)c1N. The van der Waals surface area contributed by atoms with Gasteiger partial charge in [0.25, 0.3) is 5.91 Å². The maximum absolute atomic E-state index is 11.9. The third-order valence-corrected chi connectivity index (χ3v) is 4.32. The van der Waals surface area contributed by atoms with Crippen molar-refractivity contribution in [3.63, 3.8) is 0 Å². The number of piperazine rings is 1. The molecular weight excluding hydrogens is 276 g/mol. The average molecular weight is 298 g/mol. The van der Waals surface area contributed by atoms with E-state index in [1.165, 1.54) is 11.3 Å². The highest BCUT2D eigenvalue weighted by Crippen LogP contribution is 2.45. The Hall–Kier alpha value is -1.47. The second-order valence-corrected chi connectivity index (χ2v) is 5.96. The van der Waals surface area contributed by atoms with Crippen molar-refractivity contribution in [2.24, 2.45) is 0 Å². The van der Waals surface area contributed by atoms with Crippen LogP contribution in [-0.2, 0) is 0 Å². The van der Waals surface area contributed by atoms with Gasteiger partial charge in [0.05, 0.1) is 6.10 Å². The van der Waals surface area contributed by atoms with Crippen LogP contribution in [0.2, 0.25) is 0 Å². The molecule has 0 atom stereocenters. The minimum absolute atomic E-state index is 0.0195. The quantitative estimate of drug-likeness (QED) is 0.769. The van der Waals surface area contributed by atoms with E-state index in [1.54, 1.807) is 7.05 Å². The van der Waals surface area contributed by atoms with Gasteiger partial charge in [0.1, 0.15) is 15.6 Å². The van der Waals surface area contributed by atoms with Crippen LogP contribution in [0.15, 0.2) is 0 Å². The first-order valence-corrected chi connectivity index (χ1v) is 7.63. The van der Waals surface area contributed by atoms with E-state index in [9.17, 15) is 4.79 Å². The normalized spacial score (nSPS) is 15.5. The number of nitrogen functional groups attached to an aromatic ring is 1. The van der Waals surface area contributed by atoms with Crippen molar-refractivity contribution in [2.45, 2.75) is 20.0 Å². The summed E-state index contributed by atoms with van der Waals surface area (Å²) in [6.07, 6.45) is 0.0195. The fourth-order valence-corrected chi connectivity index (χ4v) is 3.28. The largest absolute Gasteiger partial charge is 0.486 e. The van der Waals surface area contributed by atoms with Crippen LogP contribution in [0, 0.1) is 0 Å². The van der Waals surface area contributed by atoms with E-state index < -0.39 is 0 Å². The van der Waals surface area contributed by atoms with Crippen LogP contribution < -0.4 is 26.0 Å². The first kappa shape index (κ1) is 14.9. The van der Waals surface area contributed by atoms with Crippen molar-refractivity contribution < 1.29 is 9.53 Å². The van der Waals surface area contributed by atoms with Crippen LogP contribution in [0.1, 0.15) is 23.5 Å². The van der Waals surface area contributed by atoms with Crippen LogP contribution >= 0.6 is 11.3 Å². The van der Waals surface area contributed by atoms with Crippen LogP contribution in [-0.4, -0.2) is 45.2 Å². The van der Waals surface area contributed by atoms with E-state index >= 15 is 0 Å². The number of carbonyl (C=O) groups is 1.